The van der Waals surface area contributed by atoms with Gasteiger partial charge in [-0.3, -0.25) is 14.9 Å². The average Bonchev–Trinajstić information content (AvgIpc) is 2.27. The number of nitro groups is 1. The molecule has 0 fully saturated rings. The molecule has 1 aliphatic heterocycles. The fourth-order valence-corrected chi connectivity index (χ4v) is 1.94. The Kier molecular flexibility index (Phi) is 2.60. The summed E-state index contributed by atoms with van der Waals surface area (Å²) >= 11 is 0. The molecular formula is C11H12N2O3. The van der Waals surface area contributed by atoms with E-state index in [9.17, 15) is 14.9 Å². The second-order valence-corrected chi connectivity index (χ2v) is 3.80. The molecule has 1 amide bonds. The SMILES string of the molecule is CCc1cc([N+](=O)[O-])cc2c1NC(=O)CC2. The Balaban J connectivity index is 2.54. The van der Waals surface area contributed by atoms with Crippen molar-refractivity contribution in [2.75, 3.05) is 5.32 Å². The molecule has 0 radical (unpaired) electrons. The number of carbonyl (C=O) groups excluding carboxylic acids is 1. The van der Waals surface area contributed by atoms with Gasteiger partial charge in [-0.25, -0.2) is 0 Å². The van der Waals surface area contributed by atoms with Crippen molar-refractivity contribution in [3.63, 3.8) is 0 Å². The first kappa shape index (κ1) is 10.6. The van der Waals surface area contributed by atoms with Crippen molar-refractivity contribution >= 4 is 17.3 Å². The van der Waals surface area contributed by atoms with E-state index in [0.717, 1.165) is 16.8 Å². The molecule has 0 aliphatic carbocycles. The maximum absolute atomic E-state index is 11.3. The van der Waals surface area contributed by atoms with E-state index in [2.05, 4.69) is 5.32 Å². The van der Waals surface area contributed by atoms with Crippen molar-refractivity contribution in [1.29, 1.82) is 0 Å². The summed E-state index contributed by atoms with van der Waals surface area (Å²) in [6, 6.07) is 3.08. The maximum atomic E-state index is 11.3. The lowest BCUT2D eigenvalue weighted by molar-refractivity contribution is -0.385. The Morgan fingerprint density at radius 1 is 1.44 bits per heavy atom. The molecular weight excluding hydrogens is 208 g/mol. The normalized spacial score (nSPS) is 14.2. The Bertz CT molecular complexity index is 451. The molecule has 1 aromatic carbocycles. The number of hydrogen-bond acceptors (Lipinski definition) is 3. The Morgan fingerprint density at radius 3 is 2.81 bits per heavy atom. The van der Waals surface area contributed by atoms with Gasteiger partial charge in [-0.1, -0.05) is 6.92 Å². The number of rotatable bonds is 2. The summed E-state index contributed by atoms with van der Waals surface area (Å²) in [5, 5.41) is 13.5. The minimum absolute atomic E-state index is 0.0175. The van der Waals surface area contributed by atoms with Gasteiger partial charge in [0.05, 0.1) is 4.92 Å². The molecule has 5 nitrogen and oxygen atoms in total. The van der Waals surface area contributed by atoms with Gasteiger partial charge in [0.15, 0.2) is 0 Å². The molecule has 0 atom stereocenters. The topological polar surface area (TPSA) is 72.2 Å². The second kappa shape index (κ2) is 3.92. The Hall–Kier alpha value is -1.91. The zero-order chi connectivity index (χ0) is 11.7. The largest absolute Gasteiger partial charge is 0.326 e. The van der Waals surface area contributed by atoms with Crippen LogP contribution in [0, 0.1) is 10.1 Å². The molecule has 0 bridgehead atoms. The van der Waals surface area contributed by atoms with Gasteiger partial charge in [0.1, 0.15) is 0 Å². The molecule has 0 saturated heterocycles. The van der Waals surface area contributed by atoms with E-state index < -0.39 is 4.92 Å². The van der Waals surface area contributed by atoms with Crippen LogP contribution in [-0.4, -0.2) is 10.8 Å². The van der Waals surface area contributed by atoms with Crippen LogP contribution in [0.15, 0.2) is 12.1 Å². The highest BCUT2D eigenvalue weighted by molar-refractivity contribution is 5.95. The predicted octanol–water partition coefficient (Wildman–Crippen LogP) is 2.04. The molecule has 0 saturated carbocycles. The first-order valence-electron chi connectivity index (χ1n) is 5.22. The zero-order valence-electron chi connectivity index (χ0n) is 8.95. The number of amides is 1. The average molecular weight is 220 g/mol. The maximum Gasteiger partial charge on any atom is 0.270 e. The summed E-state index contributed by atoms with van der Waals surface area (Å²) in [6.07, 6.45) is 1.65. The van der Waals surface area contributed by atoms with E-state index in [4.69, 9.17) is 0 Å². The number of aryl methyl sites for hydroxylation is 2. The van der Waals surface area contributed by atoms with Crippen LogP contribution in [0.25, 0.3) is 0 Å². The number of nitro benzene ring substituents is 1. The first-order valence-corrected chi connectivity index (χ1v) is 5.22. The third-order valence-electron chi connectivity index (χ3n) is 2.76. The molecule has 16 heavy (non-hydrogen) atoms. The van der Waals surface area contributed by atoms with Crippen molar-refractivity contribution in [3.8, 4) is 0 Å². The van der Waals surface area contributed by atoms with E-state index in [0.29, 0.717) is 19.3 Å². The number of hydrogen-bond donors (Lipinski definition) is 1. The minimum atomic E-state index is -0.393. The van der Waals surface area contributed by atoms with Gasteiger partial charge in [0, 0.05) is 24.2 Å². The second-order valence-electron chi connectivity index (χ2n) is 3.80. The fourth-order valence-electron chi connectivity index (χ4n) is 1.94. The number of benzene rings is 1. The zero-order valence-corrected chi connectivity index (χ0v) is 8.95. The van der Waals surface area contributed by atoms with Gasteiger partial charge in [0.2, 0.25) is 5.91 Å². The van der Waals surface area contributed by atoms with Crippen LogP contribution >= 0.6 is 0 Å². The van der Waals surface area contributed by atoms with Crippen molar-refractivity contribution in [2.45, 2.75) is 26.2 Å². The molecule has 0 aromatic heterocycles. The summed E-state index contributed by atoms with van der Waals surface area (Å²) in [6.45, 7) is 1.92. The Morgan fingerprint density at radius 2 is 2.19 bits per heavy atom. The number of nitrogens with zero attached hydrogens (tertiary/aromatic N) is 1. The lowest BCUT2D eigenvalue weighted by Gasteiger charge is -2.19. The molecule has 1 aliphatic rings. The predicted molar refractivity (Wildman–Crippen MR) is 59.4 cm³/mol. The van der Waals surface area contributed by atoms with E-state index in [-0.39, 0.29) is 11.6 Å². The smallest absolute Gasteiger partial charge is 0.270 e. The van der Waals surface area contributed by atoms with Crippen LogP contribution in [0.3, 0.4) is 0 Å². The molecule has 1 heterocycles. The molecule has 1 aromatic rings. The van der Waals surface area contributed by atoms with Crippen LogP contribution in [-0.2, 0) is 17.6 Å². The van der Waals surface area contributed by atoms with E-state index in [1.165, 1.54) is 6.07 Å². The third-order valence-corrected chi connectivity index (χ3v) is 2.76. The van der Waals surface area contributed by atoms with Crippen molar-refractivity contribution in [1.82, 2.24) is 0 Å². The standard InChI is InChI=1S/C11H12N2O3/c1-2-7-5-9(13(15)16)6-8-3-4-10(14)12-11(7)8/h5-6H,2-4H2,1H3,(H,12,14). The fraction of sp³-hybridized carbons (Fsp3) is 0.364. The molecule has 2 rings (SSSR count). The lowest BCUT2D eigenvalue weighted by Crippen LogP contribution is -2.20. The highest BCUT2D eigenvalue weighted by Crippen LogP contribution is 2.31. The third kappa shape index (κ3) is 1.76. The molecule has 0 spiro atoms. The molecule has 5 heteroatoms. The molecule has 1 N–H and O–H groups in total. The van der Waals surface area contributed by atoms with Crippen LogP contribution in [0.4, 0.5) is 11.4 Å². The van der Waals surface area contributed by atoms with Crippen LogP contribution in [0.1, 0.15) is 24.5 Å². The molecule has 0 unspecified atom stereocenters. The number of nitrogens with one attached hydrogen (secondary N) is 1. The summed E-state index contributed by atoms with van der Waals surface area (Å²) in [5.74, 6) is -0.0175. The first-order chi connectivity index (χ1) is 7.61. The summed E-state index contributed by atoms with van der Waals surface area (Å²) in [7, 11) is 0. The Labute approximate surface area is 92.6 Å². The van der Waals surface area contributed by atoms with Gasteiger partial charge in [-0.15, -0.1) is 0 Å². The summed E-state index contributed by atoms with van der Waals surface area (Å²) < 4.78 is 0. The number of non-ortho nitro benzene ring substituents is 1. The van der Waals surface area contributed by atoms with E-state index >= 15 is 0 Å². The van der Waals surface area contributed by atoms with Crippen molar-refractivity contribution < 1.29 is 9.72 Å². The number of carbonyl (C=O) groups is 1. The highest BCUT2D eigenvalue weighted by atomic mass is 16.6. The number of anilines is 1. The van der Waals surface area contributed by atoms with Crippen LogP contribution in [0.2, 0.25) is 0 Å². The van der Waals surface area contributed by atoms with Gasteiger partial charge < -0.3 is 5.32 Å². The van der Waals surface area contributed by atoms with Crippen LogP contribution < -0.4 is 5.32 Å². The number of fused-ring (bicyclic) bond motifs is 1. The van der Waals surface area contributed by atoms with Gasteiger partial charge >= 0.3 is 0 Å². The van der Waals surface area contributed by atoms with Crippen LogP contribution in [0.5, 0.6) is 0 Å². The van der Waals surface area contributed by atoms with Gasteiger partial charge in [-0.05, 0) is 24.0 Å². The minimum Gasteiger partial charge on any atom is -0.326 e. The quantitative estimate of drug-likeness (QED) is 0.612. The van der Waals surface area contributed by atoms with Gasteiger partial charge in [-0.2, -0.15) is 0 Å². The van der Waals surface area contributed by atoms with Gasteiger partial charge in [0.25, 0.3) is 5.69 Å². The van der Waals surface area contributed by atoms with Crippen molar-refractivity contribution in [3.05, 3.63) is 33.4 Å². The lowest BCUT2D eigenvalue weighted by atomic mass is 9.97. The van der Waals surface area contributed by atoms with E-state index in [1.54, 1.807) is 6.07 Å². The monoisotopic (exact) mass is 220 g/mol. The molecule has 84 valence electrons. The van der Waals surface area contributed by atoms with Crippen molar-refractivity contribution in [2.24, 2.45) is 0 Å². The summed E-state index contributed by atoms with van der Waals surface area (Å²) in [5.41, 5.74) is 2.57. The van der Waals surface area contributed by atoms with E-state index in [1.807, 2.05) is 6.92 Å². The summed E-state index contributed by atoms with van der Waals surface area (Å²) in [4.78, 5) is 21.6. The highest BCUT2D eigenvalue weighted by Gasteiger charge is 2.21.